The highest BCUT2D eigenvalue weighted by Crippen LogP contribution is 2.47. The zero-order valence-electron chi connectivity index (χ0n) is 29.9. The predicted octanol–water partition coefficient (Wildman–Crippen LogP) is 5.98. The van der Waals surface area contributed by atoms with Crippen molar-refractivity contribution in [2.75, 3.05) is 63.8 Å². The highest BCUT2D eigenvalue weighted by Gasteiger charge is 2.53. The lowest BCUT2D eigenvalue weighted by atomic mass is 9.84. The molecule has 4 saturated heterocycles. The number of likely N-dealkylation sites (tertiary alicyclic amines) is 4. The molecule has 0 spiro atoms. The van der Waals surface area contributed by atoms with E-state index in [9.17, 15) is 10.2 Å². The number of carbonyl (C=O) groups is 1. The summed E-state index contributed by atoms with van der Waals surface area (Å²) in [5.74, 6) is 0.170. The minimum absolute atomic E-state index is 0.0288. The van der Waals surface area contributed by atoms with Gasteiger partial charge in [-0.2, -0.15) is 0 Å². The molecule has 272 valence electrons. The smallest absolute Gasteiger partial charge is 0.321 e. The standard InChI is InChI=1S/C41H50N8O3/c42-37-35(50)23-31(25-44-37)29-7-11-33(12-8-29)40(27-46-17-1-2-18-46)15-5-21-48(40)39(52)49-22-6-16-41(49,28-47-19-3-4-20-47)34-13-9-30(10-14-34)32-24-36(51)38(43)45-26-32/h7-14,23-26,50-51H,1-6,15-22,27-28H2,(H2,42,44)(H2,43,45)/t40-,41-/m0/s1. The Morgan fingerprint density at radius 3 is 1.33 bits per heavy atom. The van der Waals surface area contributed by atoms with Gasteiger partial charge in [0.25, 0.3) is 0 Å². The van der Waals surface area contributed by atoms with Gasteiger partial charge in [-0.15, -0.1) is 0 Å². The molecular formula is C41H50N8O3. The number of nitrogen functional groups attached to an aromatic ring is 2. The first-order chi connectivity index (χ1) is 25.3. The average molecular weight is 703 g/mol. The number of urea groups is 1. The largest absolute Gasteiger partial charge is 0.504 e. The van der Waals surface area contributed by atoms with Crippen LogP contribution in [-0.4, -0.2) is 98.2 Å². The van der Waals surface area contributed by atoms with Crippen molar-refractivity contribution in [1.29, 1.82) is 0 Å². The summed E-state index contributed by atoms with van der Waals surface area (Å²) in [6, 6.07) is 20.5. The van der Waals surface area contributed by atoms with Crippen LogP contribution in [0.4, 0.5) is 16.4 Å². The van der Waals surface area contributed by atoms with Gasteiger partial charge in [-0.05, 0) is 112 Å². The number of nitrogens with zero attached hydrogens (tertiary/aromatic N) is 6. The molecule has 4 aromatic rings. The number of benzene rings is 2. The molecule has 6 heterocycles. The van der Waals surface area contributed by atoms with Gasteiger partial charge in [0.1, 0.15) is 0 Å². The predicted molar refractivity (Wildman–Crippen MR) is 203 cm³/mol. The van der Waals surface area contributed by atoms with Crippen molar-refractivity contribution in [3.05, 3.63) is 84.2 Å². The summed E-state index contributed by atoms with van der Waals surface area (Å²) in [7, 11) is 0. The number of aromatic nitrogens is 2. The van der Waals surface area contributed by atoms with Gasteiger partial charge in [0.2, 0.25) is 0 Å². The van der Waals surface area contributed by atoms with Crippen LogP contribution in [0.3, 0.4) is 0 Å². The molecule has 0 bridgehead atoms. The van der Waals surface area contributed by atoms with Crippen LogP contribution in [-0.2, 0) is 11.1 Å². The van der Waals surface area contributed by atoms with Crippen LogP contribution in [0.1, 0.15) is 62.5 Å². The Balaban J connectivity index is 1.15. The van der Waals surface area contributed by atoms with E-state index >= 15 is 4.79 Å². The Labute approximate surface area is 305 Å². The molecule has 2 atom stereocenters. The molecule has 8 rings (SSSR count). The van der Waals surface area contributed by atoms with Crippen molar-refractivity contribution < 1.29 is 15.0 Å². The van der Waals surface area contributed by atoms with Gasteiger partial charge in [0.15, 0.2) is 23.1 Å². The summed E-state index contributed by atoms with van der Waals surface area (Å²) in [6.45, 7) is 7.25. The third kappa shape index (κ3) is 6.19. The number of anilines is 2. The fourth-order valence-corrected chi connectivity index (χ4v) is 9.38. The van der Waals surface area contributed by atoms with E-state index in [0.717, 1.165) is 98.3 Å². The van der Waals surface area contributed by atoms with Gasteiger partial charge in [-0.3, -0.25) is 0 Å². The van der Waals surface area contributed by atoms with Crippen LogP contribution in [0.5, 0.6) is 11.5 Å². The summed E-state index contributed by atoms with van der Waals surface area (Å²) in [5, 5.41) is 20.5. The van der Waals surface area contributed by atoms with Crippen molar-refractivity contribution in [2.24, 2.45) is 0 Å². The second-order valence-corrected chi connectivity index (χ2v) is 15.2. The lowest BCUT2D eigenvalue weighted by molar-refractivity contribution is 0.0518. The van der Waals surface area contributed by atoms with Crippen LogP contribution < -0.4 is 11.5 Å². The zero-order valence-corrected chi connectivity index (χ0v) is 29.9. The maximum absolute atomic E-state index is 15.4. The van der Waals surface area contributed by atoms with Crippen molar-refractivity contribution in [1.82, 2.24) is 29.6 Å². The van der Waals surface area contributed by atoms with E-state index in [1.807, 2.05) is 0 Å². The van der Waals surface area contributed by atoms with Crippen LogP contribution in [0, 0.1) is 0 Å². The topological polar surface area (TPSA) is 148 Å². The molecule has 11 nitrogen and oxygen atoms in total. The minimum Gasteiger partial charge on any atom is -0.504 e. The first-order valence-corrected chi connectivity index (χ1v) is 18.9. The molecule has 4 aliphatic heterocycles. The van der Waals surface area contributed by atoms with Gasteiger partial charge in [-0.25, -0.2) is 14.8 Å². The highest BCUT2D eigenvalue weighted by atomic mass is 16.3. The molecule has 0 radical (unpaired) electrons. The van der Waals surface area contributed by atoms with E-state index in [-0.39, 0.29) is 29.2 Å². The summed E-state index contributed by atoms with van der Waals surface area (Å²) in [4.78, 5) is 33.3. The van der Waals surface area contributed by atoms with E-state index in [0.29, 0.717) is 13.1 Å². The number of amides is 2. The molecule has 4 fully saturated rings. The number of nitrogens with two attached hydrogens (primary N) is 2. The highest BCUT2D eigenvalue weighted by molar-refractivity contribution is 5.78. The monoisotopic (exact) mass is 702 g/mol. The van der Waals surface area contributed by atoms with Gasteiger partial charge >= 0.3 is 6.03 Å². The number of hydrogen-bond acceptors (Lipinski definition) is 9. The number of hydrogen-bond donors (Lipinski definition) is 4. The molecule has 6 N–H and O–H groups in total. The van der Waals surface area contributed by atoms with Gasteiger partial charge in [-0.1, -0.05) is 48.5 Å². The number of carbonyl (C=O) groups excluding carboxylic acids is 1. The second-order valence-electron chi connectivity index (χ2n) is 15.2. The Morgan fingerprint density at radius 2 is 0.962 bits per heavy atom. The van der Waals surface area contributed by atoms with E-state index in [2.05, 4.69) is 78.1 Å². The van der Waals surface area contributed by atoms with E-state index in [4.69, 9.17) is 11.5 Å². The van der Waals surface area contributed by atoms with Crippen LogP contribution >= 0.6 is 0 Å². The second kappa shape index (κ2) is 13.9. The number of pyridine rings is 2. The first-order valence-electron chi connectivity index (χ1n) is 18.9. The number of aromatic hydroxyl groups is 2. The summed E-state index contributed by atoms with van der Waals surface area (Å²) < 4.78 is 0. The van der Waals surface area contributed by atoms with Gasteiger partial charge in [0.05, 0.1) is 11.1 Å². The SMILES string of the molecule is Nc1ncc(-c2ccc([C@@]3(CN4CCCC4)CCCN3C(=O)N3CCC[C@]3(CN3CCCC3)c3ccc(-c4cnc(N)c(O)c4)cc3)cc2)cc1O. The van der Waals surface area contributed by atoms with E-state index in [1.54, 1.807) is 24.5 Å². The molecular weight excluding hydrogens is 653 g/mol. The molecule has 4 aliphatic rings. The summed E-state index contributed by atoms with van der Waals surface area (Å²) in [6.07, 6.45) is 11.8. The summed E-state index contributed by atoms with van der Waals surface area (Å²) in [5.41, 5.74) is 16.4. The molecule has 2 amide bonds. The molecule has 11 heteroatoms. The summed E-state index contributed by atoms with van der Waals surface area (Å²) >= 11 is 0. The normalized spacial score (nSPS) is 23.9. The van der Waals surface area contributed by atoms with E-state index in [1.165, 1.54) is 25.7 Å². The van der Waals surface area contributed by atoms with Crippen LogP contribution in [0.2, 0.25) is 0 Å². The van der Waals surface area contributed by atoms with E-state index < -0.39 is 11.1 Å². The molecule has 0 aliphatic carbocycles. The van der Waals surface area contributed by atoms with Gasteiger partial charge < -0.3 is 41.3 Å². The van der Waals surface area contributed by atoms with Crippen LogP contribution in [0.25, 0.3) is 22.3 Å². The Bertz CT molecular complexity index is 1770. The number of rotatable bonds is 8. The van der Waals surface area contributed by atoms with Crippen molar-refractivity contribution in [2.45, 2.75) is 62.4 Å². The molecule has 2 aromatic carbocycles. The molecule has 52 heavy (non-hydrogen) atoms. The first kappa shape index (κ1) is 34.2. The van der Waals surface area contributed by atoms with Crippen molar-refractivity contribution >= 4 is 17.7 Å². The fourth-order valence-electron chi connectivity index (χ4n) is 9.38. The van der Waals surface area contributed by atoms with Gasteiger partial charge in [0, 0.05) is 49.7 Å². The Kier molecular flexibility index (Phi) is 9.17. The third-order valence-corrected chi connectivity index (χ3v) is 12.1. The quantitative estimate of drug-likeness (QED) is 0.174. The Morgan fingerprint density at radius 1 is 0.577 bits per heavy atom. The Hall–Kier alpha value is -4.87. The molecule has 0 saturated carbocycles. The van der Waals surface area contributed by atoms with Crippen molar-refractivity contribution in [3.63, 3.8) is 0 Å². The average Bonchev–Trinajstić information content (AvgIpc) is 4.00. The fraction of sp³-hybridized carbons (Fsp3) is 0.439. The maximum atomic E-state index is 15.4. The maximum Gasteiger partial charge on any atom is 0.321 e. The molecule has 0 unspecified atom stereocenters. The third-order valence-electron chi connectivity index (χ3n) is 12.1. The zero-order chi connectivity index (χ0) is 35.9. The lowest BCUT2D eigenvalue weighted by Gasteiger charge is -2.48. The lowest BCUT2D eigenvalue weighted by Crippen LogP contribution is -2.60. The van der Waals surface area contributed by atoms with Crippen molar-refractivity contribution in [3.8, 4) is 33.8 Å². The molecule has 2 aromatic heterocycles. The van der Waals surface area contributed by atoms with Crippen LogP contribution in [0.15, 0.2) is 73.1 Å². The minimum atomic E-state index is -0.461.